The van der Waals surface area contributed by atoms with Crippen molar-refractivity contribution in [2.45, 2.75) is 32.1 Å². The summed E-state index contributed by atoms with van der Waals surface area (Å²) < 4.78 is 0. The highest BCUT2D eigenvalue weighted by Crippen LogP contribution is 2.29. The quantitative estimate of drug-likeness (QED) is 0.853. The molecule has 0 spiro atoms. The number of benzene rings is 1. The smallest absolute Gasteiger partial charge is 0.224 e. The van der Waals surface area contributed by atoms with Crippen molar-refractivity contribution in [3.8, 4) is 0 Å². The zero-order valence-electron chi connectivity index (χ0n) is 11.3. The highest BCUT2D eigenvalue weighted by Gasteiger charge is 2.24. The molecule has 3 heteroatoms. The minimum atomic E-state index is 0.0773. The van der Waals surface area contributed by atoms with Crippen molar-refractivity contribution in [1.29, 1.82) is 0 Å². The van der Waals surface area contributed by atoms with Crippen molar-refractivity contribution in [2.75, 3.05) is 13.2 Å². The third kappa shape index (κ3) is 4.35. The number of carbonyl (C=O) groups excluding carboxylic acids is 1. The lowest BCUT2D eigenvalue weighted by Gasteiger charge is -2.30. The Morgan fingerprint density at radius 2 is 1.84 bits per heavy atom. The van der Waals surface area contributed by atoms with Gasteiger partial charge in [0.2, 0.25) is 5.91 Å². The Hall–Kier alpha value is -1.35. The molecule has 1 aromatic carbocycles. The Kier molecular flexibility index (Phi) is 5.40. The lowest BCUT2D eigenvalue weighted by Crippen LogP contribution is -2.36. The van der Waals surface area contributed by atoms with E-state index in [4.69, 9.17) is 0 Å². The van der Waals surface area contributed by atoms with Crippen LogP contribution in [0.3, 0.4) is 0 Å². The molecule has 1 aliphatic carbocycles. The molecule has 1 fully saturated rings. The number of rotatable bonds is 5. The Morgan fingerprint density at radius 1 is 1.16 bits per heavy atom. The second-order valence-electron chi connectivity index (χ2n) is 5.45. The van der Waals surface area contributed by atoms with Gasteiger partial charge >= 0.3 is 0 Å². The molecule has 0 aliphatic heterocycles. The molecule has 1 aliphatic rings. The van der Waals surface area contributed by atoms with E-state index < -0.39 is 0 Å². The fourth-order valence-corrected chi connectivity index (χ4v) is 2.88. The zero-order valence-corrected chi connectivity index (χ0v) is 11.3. The minimum Gasteiger partial charge on any atom is -0.396 e. The molecular weight excluding hydrogens is 238 g/mol. The van der Waals surface area contributed by atoms with Crippen LogP contribution in [-0.4, -0.2) is 24.2 Å². The average molecular weight is 261 g/mol. The Labute approximate surface area is 115 Å². The average Bonchev–Trinajstić information content (AvgIpc) is 2.46. The molecule has 19 heavy (non-hydrogen) atoms. The number of aliphatic hydroxyl groups excluding tert-OH is 1. The lowest BCUT2D eigenvalue weighted by molar-refractivity contribution is -0.120. The lowest BCUT2D eigenvalue weighted by atomic mass is 9.79. The van der Waals surface area contributed by atoms with Crippen LogP contribution in [0.5, 0.6) is 0 Å². The summed E-state index contributed by atoms with van der Waals surface area (Å²) in [4.78, 5) is 11.9. The largest absolute Gasteiger partial charge is 0.396 e. The van der Waals surface area contributed by atoms with Gasteiger partial charge in [-0.25, -0.2) is 0 Å². The Morgan fingerprint density at radius 3 is 2.53 bits per heavy atom. The van der Waals surface area contributed by atoms with Gasteiger partial charge in [0.1, 0.15) is 0 Å². The molecule has 0 heterocycles. The molecule has 1 amide bonds. The maximum absolute atomic E-state index is 11.9. The van der Waals surface area contributed by atoms with Gasteiger partial charge in [-0.15, -0.1) is 0 Å². The van der Waals surface area contributed by atoms with Crippen LogP contribution in [-0.2, 0) is 11.2 Å². The second-order valence-corrected chi connectivity index (χ2v) is 5.45. The number of carbonyl (C=O) groups is 1. The van der Waals surface area contributed by atoms with Crippen LogP contribution in [0.1, 0.15) is 31.2 Å². The molecule has 3 nitrogen and oxygen atoms in total. The van der Waals surface area contributed by atoms with E-state index in [2.05, 4.69) is 5.32 Å². The molecule has 0 radical (unpaired) electrons. The third-order valence-corrected chi connectivity index (χ3v) is 4.07. The van der Waals surface area contributed by atoms with Crippen molar-refractivity contribution in [3.63, 3.8) is 0 Å². The first kappa shape index (κ1) is 14.1. The minimum absolute atomic E-state index is 0.0773. The van der Waals surface area contributed by atoms with Crippen LogP contribution in [0.2, 0.25) is 0 Å². The van der Waals surface area contributed by atoms with Gasteiger partial charge in [0.25, 0.3) is 0 Å². The summed E-state index contributed by atoms with van der Waals surface area (Å²) in [5, 5.41) is 12.4. The summed E-state index contributed by atoms with van der Waals surface area (Å²) >= 11 is 0. The normalized spacial score (nSPS) is 23.0. The van der Waals surface area contributed by atoms with E-state index in [1.165, 1.54) is 12.8 Å². The molecule has 0 bridgehead atoms. The summed E-state index contributed by atoms with van der Waals surface area (Å²) in [5.41, 5.74) is 1.04. The molecular formula is C16H23NO2. The topological polar surface area (TPSA) is 49.3 Å². The summed E-state index contributed by atoms with van der Waals surface area (Å²) in [6, 6.07) is 9.79. The number of hydrogen-bond donors (Lipinski definition) is 2. The molecule has 2 atom stereocenters. The molecule has 0 aromatic heterocycles. The first-order valence-electron chi connectivity index (χ1n) is 7.21. The molecule has 2 N–H and O–H groups in total. The first-order valence-corrected chi connectivity index (χ1v) is 7.21. The van der Waals surface area contributed by atoms with Gasteiger partial charge in [0.05, 0.1) is 6.42 Å². The maximum Gasteiger partial charge on any atom is 0.224 e. The van der Waals surface area contributed by atoms with Crippen LogP contribution in [0, 0.1) is 11.8 Å². The van der Waals surface area contributed by atoms with Gasteiger partial charge in [-0.3, -0.25) is 4.79 Å². The van der Waals surface area contributed by atoms with E-state index in [1.54, 1.807) is 0 Å². The standard InChI is InChI=1S/C16H23NO2/c18-12-15-9-5-4-8-14(15)11-17-16(19)10-13-6-2-1-3-7-13/h1-3,6-7,14-15,18H,4-5,8-12H2,(H,17,19). The van der Waals surface area contributed by atoms with Gasteiger partial charge in [0, 0.05) is 13.2 Å². The fourth-order valence-electron chi connectivity index (χ4n) is 2.88. The van der Waals surface area contributed by atoms with E-state index in [1.807, 2.05) is 30.3 Å². The van der Waals surface area contributed by atoms with Gasteiger partial charge < -0.3 is 10.4 Å². The van der Waals surface area contributed by atoms with E-state index >= 15 is 0 Å². The van der Waals surface area contributed by atoms with E-state index in [9.17, 15) is 9.90 Å². The monoisotopic (exact) mass is 261 g/mol. The maximum atomic E-state index is 11.9. The van der Waals surface area contributed by atoms with E-state index in [0.717, 1.165) is 18.4 Å². The second kappa shape index (κ2) is 7.29. The predicted octanol–water partition coefficient (Wildman–Crippen LogP) is 2.14. The highest BCUT2D eigenvalue weighted by molar-refractivity contribution is 5.78. The van der Waals surface area contributed by atoms with E-state index in [-0.39, 0.29) is 12.5 Å². The number of hydrogen-bond acceptors (Lipinski definition) is 2. The summed E-state index contributed by atoms with van der Waals surface area (Å²) in [7, 11) is 0. The van der Waals surface area contributed by atoms with E-state index in [0.29, 0.717) is 24.8 Å². The molecule has 1 aromatic rings. The molecule has 0 saturated heterocycles. The highest BCUT2D eigenvalue weighted by atomic mass is 16.3. The van der Waals surface area contributed by atoms with Crippen molar-refractivity contribution >= 4 is 5.91 Å². The van der Waals surface area contributed by atoms with Crippen molar-refractivity contribution in [2.24, 2.45) is 11.8 Å². The van der Waals surface area contributed by atoms with Gasteiger partial charge in [0.15, 0.2) is 0 Å². The van der Waals surface area contributed by atoms with Crippen molar-refractivity contribution < 1.29 is 9.90 Å². The number of nitrogens with one attached hydrogen (secondary N) is 1. The number of amides is 1. The van der Waals surface area contributed by atoms with Crippen molar-refractivity contribution in [3.05, 3.63) is 35.9 Å². The third-order valence-electron chi connectivity index (χ3n) is 4.07. The van der Waals surface area contributed by atoms with Crippen LogP contribution >= 0.6 is 0 Å². The summed E-state index contributed by atoms with van der Waals surface area (Å²) in [6.07, 6.45) is 5.08. The van der Waals surface area contributed by atoms with Gasteiger partial charge in [-0.05, 0) is 30.2 Å². The SMILES string of the molecule is O=C(Cc1ccccc1)NCC1CCCCC1CO. The first-order chi connectivity index (χ1) is 9.29. The molecule has 1 saturated carbocycles. The zero-order chi connectivity index (χ0) is 13.5. The van der Waals surface area contributed by atoms with Gasteiger partial charge in [-0.2, -0.15) is 0 Å². The Bertz CT molecular complexity index is 391. The summed E-state index contributed by atoms with van der Waals surface area (Å²) in [6.45, 7) is 0.954. The number of aliphatic hydroxyl groups is 1. The molecule has 104 valence electrons. The van der Waals surface area contributed by atoms with Crippen LogP contribution in [0.25, 0.3) is 0 Å². The van der Waals surface area contributed by atoms with Gasteiger partial charge in [-0.1, -0.05) is 43.2 Å². The van der Waals surface area contributed by atoms with Crippen molar-refractivity contribution in [1.82, 2.24) is 5.32 Å². The molecule has 2 unspecified atom stereocenters. The predicted molar refractivity (Wildman–Crippen MR) is 75.7 cm³/mol. The summed E-state index contributed by atoms with van der Waals surface area (Å²) in [5.74, 6) is 0.887. The van der Waals surface area contributed by atoms with Crippen LogP contribution in [0.4, 0.5) is 0 Å². The van der Waals surface area contributed by atoms with Crippen LogP contribution in [0.15, 0.2) is 30.3 Å². The fraction of sp³-hybridized carbons (Fsp3) is 0.562. The molecule has 2 rings (SSSR count). The van der Waals surface area contributed by atoms with Crippen LogP contribution < -0.4 is 5.32 Å². The Balaban J connectivity index is 1.76.